The molecule has 0 aliphatic carbocycles. The van der Waals surface area contributed by atoms with Crippen LogP contribution in [-0.2, 0) is 15.8 Å². The lowest BCUT2D eigenvalue weighted by atomic mass is 10.2. The number of alkyl halides is 3. The maximum Gasteiger partial charge on any atom is 0.417 e. The third-order valence-electron chi connectivity index (χ3n) is 3.07. The number of carbonyl (C=O) groups excluding carboxylic acids is 2. The summed E-state index contributed by atoms with van der Waals surface area (Å²) in [5.74, 6) is -2.41. The van der Waals surface area contributed by atoms with E-state index in [2.05, 4.69) is 5.10 Å². The number of nitrogens with zero attached hydrogens (tertiary/aromatic N) is 1. The smallest absolute Gasteiger partial charge is 0.318 e. The van der Waals surface area contributed by atoms with Gasteiger partial charge in [-0.25, -0.2) is 5.43 Å². The highest BCUT2D eigenvalue weighted by atomic mass is 35.5. The van der Waals surface area contributed by atoms with E-state index >= 15 is 0 Å². The van der Waals surface area contributed by atoms with Crippen LogP contribution in [0.25, 0.3) is 0 Å². The van der Waals surface area contributed by atoms with Gasteiger partial charge in [-0.15, -0.1) is 0 Å². The average molecular weight is 439 g/mol. The highest BCUT2D eigenvalue weighted by Gasteiger charge is 2.33. The number of hydrogen-bond donors (Lipinski definition) is 2. The second-order valence-corrected chi connectivity index (χ2v) is 6.26. The highest BCUT2D eigenvalue weighted by molar-refractivity contribution is 6.40. The summed E-state index contributed by atoms with van der Waals surface area (Å²) in [6, 6.07) is 7.23. The maximum atomic E-state index is 12.8. The van der Waals surface area contributed by atoms with Crippen LogP contribution in [0.15, 0.2) is 41.5 Å². The Bertz CT molecular complexity index is 918. The number of rotatable bonds is 3. The molecule has 0 aromatic heterocycles. The summed E-state index contributed by atoms with van der Waals surface area (Å²) in [6.07, 6.45) is -3.53. The Balaban J connectivity index is 2.02. The Kier molecular flexibility index (Phi) is 6.69. The Morgan fingerprint density at radius 2 is 1.67 bits per heavy atom. The molecule has 0 radical (unpaired) electrons. The van der Waals surface area contributed by atoms with Gasteiger partial charge in [0, 0.05) is 16.3 Å². The van der Waals surface area contributed by atoms with Crippen LogP contribution in [-0.4, -0.2) is 18.0 Å². The van der Waals surface area contributed by atoms with E-state index in [-0.39, 0.29) is 10.7 Å². The molecule has 0 saturated heterocycles. The fourth-order valence-corrected chi connectivity index (χ4v) is 2.51. The van der Waals surface area contributed by atoms with Crippen LogP contribution in [0.3, 0.4) is 0 Å². The predicted octanol–water partition coefficient (Wildman–Crippen LogP) is 4.75. The first-order chi connectivity index (χ1) is 12.6. The van der Waals surface area contributed by atoms with E-state index in [1.54, 1.807) is 6.07 Å². The lowest BCUT2D eigenvalue weighted by molar-refractivity contribution is -0.137. The van der Waals surface area contributed by atoms with E-state index in [9.17, 15) is 22.8 Å². The van der Waals surface area contributed by atoms with E-state index < -0.39 is 28.6 Å². The van der Waals surface area contributed by atoms with Crippen LogP contribution in [0, 0.1) is 0 Å². The fraction of sp³-hybridized carbons (Fsp3) is 0.0625. The number of amides is 2. The van der Waals surface area contributed by atoms with Crippen LogP contribution >= 0.6 is 34.8 Å². The molecule has 142 valence electrons. The summed E-state index contributed by atoms with van der Waals surface area (Å²) in [5.41, 5.74) is 0.959. The number of carbonyl (C=O) groups is 2. The minimum Gasteiger partial charge on any atom is -0.318 e. The predicted molar refractivity (Wildman–Crippen MR) is 97.3 cm³/mol. The molecule has 2 amide bonds. The van der Waals surface area contributed by atoms with Gasteiger partial charge in [-0.2, -0.15) is 18.3 Å². The Morgan fingerprint density at radius 1 is 0.963 bits per heavy atom. The van der Waals surface area contributed by atoms with Crippen molar-refractivity contribution in [1.29, 1.82) is 0 Å². The van der Waals surface area contributed by atoms with Gasteiger partial charge in [-0.05, 0) is 30.3 Å². The molecule has 0 heterocycles. The van der Waals surface area contributed by atoms with E-state index in [1.807, 2.05) is 10.7 Å². The Hall–Kier alpha value is -2.29. The van der Waals surface area contributed by atoms with Crippen molar-refractivity contribution in [3.63, 3.8) is 0 Å². The van der Waals surface area contributed by atoms with Crippen molar-refractivity contribution in [3.05, 3.63) is 62.6 Å². The SMILES string of the molecule is O=C(N/N=C\c1ccc(Cl)cc1Cl)C(=O)Nc1ccc(Cl)c(C(F)(F)F)c1. The van der Waals surface area contributed by atoms with Gasteiger partial charge in [0.05, 0.1) is 21.8 Å². The molecule has 0 bridgehead atoms. The molecule has 0 spiro atoms. The molecule has 0 atom stereocenters. The van der Waals surface area contributed by atoms with Gasteiger partial charge in [0.2, 0.25) is 0 Å². The van der Waals surface area contributed by atoms with E-state index in [0.717, 1.165) is 12.1 Å². The van der Waals surface area contributed by atoms with Crippen LogP contribution in [0.1, 0.15) is 11.1 Å². The van der Waals surface area contributed by atoms with Crippen molar-refractivity contribution in [3.8, 4) is 0 Å². The van der Waals surface area contributed by atoms with Crippen LogP contribution in [0.2, 0.25) is 15.1 Å². The average Bonchev–Trinajstić information content (AvgIpc) is 2.57. The topological polar surface area (TPSA) is 70.6 Å². The highest BCUT2D eigenvalue weighted by Crippen LogP contribution is 2.36. The maximum absolute atomic E-state index is 12.8. The van der Waals surface area contributed by atoms with Crippen molar-refractivity contribution in [2.45, 2.75) is 6.18 Å². The monoisotopic (exact) mass is 437 g/mol. The zero-order valence-electron chi connectivity index (χ0n) is 13.1. The Labute approximate surface area is 166 Å². The number of nitrogens with one attached hydrogen (secondary N) is 2. The largest absolute Gasteiger partial charge is 0.417 e. The fourth-order valence-electron chi connectivity index (χ4n) is 1.83. The minimum absolute atomic E-state index is 0.253. The normalized spacial score (nSPS) is 11.5. The van der Waals surface area contributed by atoms with E-state index in [1.165, 1.54) is 18.3 Å². The van der Waals surface area contributed by atoms with Crippen LogP contribution in [0.4, 0.5) is 18.9 Å². The lowest BCUT2D eigenvalue weighted by Crippen LogP contribution is -2.32. The van der Waals surface area contributed by atoms with Gasteiger partial charge in [-0.3, -0.25) is 9.59 Å². The van der Waals surface area contributed by atoms with Gasteiger partial charge in [0.15, 0.2) is 0 Å². The molecule has 0 aliphatic heterocycles. The third kappa shape index (κ3) is 5.85. The summed E-state index contributed by atoms with van der Waals surface area (Å²) in [4.78, 5) is 23.4. The zero-order chi connectivity index (χ0) is 20.2. The van der Waals surface area contributed by atoms with Gasteiger partial charge in [0.25, 0.3) is 0 Å². The van der Waals surface area contributed by atoms with Crippen molar-refractivity contribution in [2.75, 3.05) is 5.32 Å². The third-order valence-corrected chi connectivity index (χ3v) is 3.96. The molecule has 2 aromatic rings. The van der Waals surface area contributed by atoms with Crippen molar-refractivity contribution in [1.82, 2.24) is 5.43 Å². The quantitative estimate of drug-likeness (QED) is 0.412. The molecule has 5 nitrogen and oxygen atoms in total. The molecular formula is C16H9Cl3F3N3O2. The Morgan fingerprint density at radius 3 is 2.30 bits per heavy atom. The van der Waals surface area contributed by atoms with Gasteiger partial charge >= 0.3 is 18.0 Å². The molecule has 0 fully saturated rings. The summed E-state index contributed by atoms with van der Waals surface area (Å²) >= 11 is 17.1. The number of hydrazone groups is 1. The molecule has 0 aliphatic rings. The molecule has 27 heavy (non-hydrogen) atoms. The number of benzene rings is 2. The summed E-state index contributed by atoms with van der Waals surface area (Å²) in [6.45, 7) is 0. The second-order valence-electron chi connectivity index (χ2n) is 5.01. The number of hydrogen-bond acceptors (Lipinski definition) is 3. The summed E-state index contributed by atoms with van der Waals surface area (Å²) < 4.78 is 38.4. The molecular weight excluding hydrogens is 430 g/mol. The molecule has 0 unspecified atom stereocenters. The van der Waals surface area contributed by atoms with Crippen LogP contribution in [0.5, 0.6) is 0 Å². The molecule has 11 heteroatoms. The van der Waals surface area contributed by atoms with E-state index in [4.69, 9.17) is 34.8 Å². The van der Waals surface area contributed by atoms with Crippen LogP contribution < -0.4 is 10.7 Å². The first-order valence-corrected chi connectivity index (χ1v) is 8.17. The molecule has 2 rings (SSSR count). The number of anilines is 1. The summed E-state index contributed by atoms with van der Waals surface area (Å²) in [5, 5.41) is 5.71. The minimum atomic E-state index is -4.71. The lowest BCUT2D eigenvalue weighted by Gasteiger charge is -2.11. The van der Waals surface area contributed by atoms with Gasteiger partial charge in [-0.1, -0.05) is 40.9 Å². The van der Waals surface area contributed by atoms with Crippen molar-refractivity contribution >= 4 is 58.5 Å². The first kappa shape index (κ1) is 21.0. The number of halogens is 6. The van der Waals surface area contributed by atoms with Crippen molar-refractivity contribution < 1.29 is 22.8 Å². The molecule has 2 aromatic carbocycles. The first-order valence-electron chi connectivity index (χ1n) is 7.04. The summed E-state index contributed by atoms with van der Waals surface area (Å²) in [7, 11) is 0. The molecule has 0 saturated carbocycles. The standard InChI is InChI=1S/C16H9Cl3F3N3O2/c17-9-2-1-8(13(19)5-9)7-23-25-15(27)14(26)24-10-3-4-12(18)11(6-10)16(20,21)22/h1-7H,(H,24,26)(H,25,27)/b23-7-. The van der Waals surface area contributed by atoms with Gasteiger partial charge < -0.3 is 5.32 Å². The van der Waals surface area contributed by atoms with Crippen molar-refractivity contribution in [2.24, 2.45) is 5.10 Å². The van der Waals surface area contributed by atoms with E-state index in [0.29, 0.717) is 16.7 Å². The molecule has 2 N–H and O–H groups in total. The van der Waals surface area contributed by atoms with Gasteiger partial charge in [0.1, 0.15) is 0 Å². The second kappa shape index (κ2) is 8.60. The zero-order valence-corrected chi connectivity index (χ0v) is 15.3.